The van der Waals surface area contributed by atoms with Gasteiger partial charge in [-0.15, -0.1) is 0 Å². The minimum atomic E-state index is 0.416. The Morgan fingerprint density at radius 2 is 2.15 bits per heavy atom. The number of nitrogens with one attached hydrogen (secondary N) is 1. The largest absolute Gasteiger partial charge is 0.319 e. The van der Waals surface area contributed by atoms with Gasteiger partial charge in [0.05, 0.1) is 13.1 Å². The number of hydrogen-bond donors (Lipinski definition) is 1. The Morgan fingerprint density at radius 1 is 1.30 bits per heavy atom. The highest BCUT2D eigenvalue weighted by atomic mass is 33.1. The van der Waals surface area contributed by atoms with Crippen molar-refractivity contribution in [3.63, 3.8) is 0 Å². The van der Waals surface area contributed by atoms with Crippen LogP contribution in [-0.2, 0) is 0 Å². The quantitative estimate of drug-likeness (QED) is 0.475. The van der Waals surface area contributed by atoms with Crippen LogP contribution in [0.1, 0.15) is 32.6 Å². The van der Waals surface area contributed by atoms with Gasteiger partial charge in [-0.25, -0.2) is 5.32 Å². The molecule has 4 nitrogen and oxygen atoms in total. The van der Waals surface area contributed by atoms with Crippen LogP contribution in [-0.4, -0.2) is 71.9 Å². The molecule has 0 aromatic rings. The van der Waals surface area contributed by atoms with Crippen LogP contribution in [0.3, 0.4) is 0 Å². The minimum Gasteiger partial charge on any atom is -0.299 e. The molecular weight excluding hydrogens is 288 g/mol. The van der Waals surface area contributed by atoms with Crippen molar-refractivity contribution < 1.29 is 4.58 Å². The molecule has 0 radical (unpaired) electrons. The van der Waals surface area contributed by atoms with Gasteiger partial charge in [-0.2, -0.15) is 0 Å². The number of unbranched alkanes of at least 4 members (excludes halogenated alkanes) is 2. The molecule has 0 spiro atoms. The van der Waals surface area contributed by atoms with E-state index in [1.807, 2.05) is 21.6 Å². The molecule has 20 heavy (non-hydrogen) atoms. The molecule has 0 bridgehead atoms. The van der Waals surface area contributed by atoms with Crippen LogP contribution in [0.2, 0.25) is 0 Å². The number of amidine groups is 1. The van der Waals surface area contributed by atoms with Crippen LogP contribution < -0.4 is 5.32 Å². The van der Waals surface area contributed by atoms with Crippen molar-refractivity contribution in [2.45, 2.75) is 38.1 Å². The predicted molar refractivity (Wildman–Crippen MR) is 91.4 cm³/mol. The molecule has 2 heterocycles. The third-order valence-corrected chi connectivity index (χ3v) is 6.55. The van der Waals surface area contributed by atoms with Crippen molar-refractivity contribution in [3.05, 3.63) is 0 Å². The zero-order valence-electron chi connectivity index (χ0n) is 13.1. The molecule has 0 aromatic heterocycles. The number of hydrogen-bond acceptors (Lipinski definition) is 4. The monoisotopic (exact) mass is 317 g/mol. The van der Waals surface area contributed by atoms with Crippen LogP contribution in [0.4, 0.5) is 0 Å². The Kier molecular flexibility index (Phi) is 7.01. The van der Waals surface area contributed by atoms with Gasteiger partial charge < -0.3 is 0 Å². The second-order valence-corrected chi connectivity index (χ2v) is 8.10. The summed E-state index contributed by atoms with van der Waals surface area (Å²) in [7, 11) is 8.08. The molecule has 1 unspecified atom stereocenters. The van der Waals surface area contributed by atoms with E-state index in [0.717, 1.165) is 0 Å². The molecule has 2 fully saturated rings. The summed E-state index contributed by atoms with van der Waals surface area (Å²) < 4.78 is 2.54. The lowest BCUT2D eigenvalue weighted by Crippen LogP contribution is -2.40. The normalized spacial score (nSPS) is 28.7. The Balaban J connectivity index is 1.83. The lowest BCUT2D eigenvalue weighted by Gasteiger charge is -2.18. The number of nitrogens with zero attached hydrogens (tertiary/aromatic N) is 3. The summed E-state index contributed by atoms with van der Waals surface area (Å²) in [6.45, 7) is 8.41. The maximum atomic E-state index is 3.63. The summed E-state index contributed by atoms with van der Waals surface area (Å²) >= 11 is 0. The van der Waals surface area contributed by atoms with E-state index in [1.54, 1.807) is 0 Å². The topological polar surface area (TPSA) is 21.5 Å². The SMILES string of the molecule is CCCCCN1CCC[N+](=C2NC(N(C)C)SS2)CC1. The summed E-state index contributed by atoms with van der Waals surface area (Å²) in [6, 6.07) is 0. The molecule has 2 aliphatic rings. The Hall–Kier alpha value is 0.0900. The first-order valence-corrected chi connectivity index (χ1v) is 10.0. The molecule has 0 amide bonds. The Bertz CT molecular complexity index is 333. The van der Waals surface area contributed by atoms with Crippen molar-refractivity contribution in [2.24, 2.45) is 0 Å². The molecule has 6 heteroatoms. The second-order valence-electron chi connectivity index (χ2n) is 5.83. The van der Waals surface area contributed by atoms with E-state index in [0.29, 0.717) is 5.50 Å². The van der Waals surface area contributed by atoms with E-state index in [4.69, 9.17) is 0 Å². The molecule has 0 saturated carbocycles. The molecular formula is C14H29N4S2+. The molecule has 2 aliphatic heterocycles. The van der Waals surface area contributed by atoms with Crippen molar-refractivity contribution in [1.82, 2.24) is 15.1 Å². The van der Waals surface area contributed by atoms with Crippen LogP contribution in [0.15, 0.2) is 0 Å². The van der Waals surface area contributed by atoms with Crippen molar-refractivity contribution in [2.75, 3.05) is 46.8 Å². The molecule has 1 atom stereocenters. The predicted octanol–water partition coefficient (Wildman–Crippen LogP) is 2.08. The highest BCUT2D eigenvalue weighted by Gasteiger charge is 2.32. The van der Waals surface area contributed by atoms with Crippen LogP contribution >= 0.6 is 21.6 Å². The summed E-state index contributed by atoms with van der Waals surface area (Å²) in [6.07, 6.45) is 5.34. The van der Waals surface area contributed by atoms with Gasteiger partial charge in [-0.3, -0.25) is 14.4 Å². The maximum Gasteiger partial charge on any atom is 0.319 e. The third kappa shape index (κ3) is 4.83. The molecule has 0 aliphatic carbocycles. The van der Waals surface area contributed by atoms with Crippen LogP contribution in [0, 0.1) is 0 Å². The van der Waals surface area contributed by atoms with Gasteiger partial charge >= 0.3 is 5.17 Å². The fourth-order valence-corrected chi connectivity index (χ4v) is 5.29. The summed E-state index contributed by atoms with van der Waals surface area (Å²) in [5.41, 5.74) is 0.416. The van der Waals surface area contributed by atoms with E-state index in [9.17, 15) is 0 Å². The maximum absolute atomic E-state index is 3.63. The fraction of sp³-hybridized carbons (Fsp3) is 0.929. The average Bonchev–Trinajstić information content (AvgIpc) is 2.81. The van der Waals surface area contributed by atoms with E-state index >= 15 is 0 Å². The van der Waals surface area contributed by atoms with Gasteiger partial charge in [0.1, 0.15) is 0 Å². The van der Waals surface area contributed by atoms with Crippen LogP contribution in [0.25, 0.3) is 0 Å². The lowest BCUT2D eigenvalue weighted by atomic mass is 10.2. The number of rotatable bonds is 5. The average molecular weight is 318 g/mol. The van der Waals surface area contributed by atoms with Gasteiger partial charge in [0, 0.05) is 23.9 Å². The fourth-order valence-electron chi connectivity index (χ4n) is 2.59. The van der Waals surface area contributed by atoms with Gasteiger partial charge in [-0.1, -0.05) is 19.8 Å². The molecule has 1 N–H and O–H groups in total. The highest BCUT2D eigenvalue weighted by molar-refractivity contribution is 8.83. The Morgan fingerprint density at radius 3 is 2.85 bits per heavy atom. The first kappa shape index (κ1) is 16.5. The standard InChI is InChI=1S/C14H28N4S2/c1-4-5-6-8-17-9-7-10-18(12-11-17)14-15-13(16(2)3)19-20-14/h13H,4-12H2,1-3H3/p+1. The van der Waals surface area contributed by atoms with Gasteiger partial charge in [-0.05, 0) is 44.3 Å². The van der Waals surface area contributed by atoms with E-state index < -0.39 is 0 Å². The molecule has 2 saturated heterocycles. The summed E-state index contributed by atoms with van der Waals surface area (Å²) in [4.78, 5) is 4.88. The zero-order valence-corrected chi connectivity index (χ0v) is 14.7. The zero-order chi connectivity index (χ0) is 14.4. The lowest BCUT2D eigenvalue weighted by molar-refractivity contribution is -0.523. The summed E-state index contributed by atoms with van der Waals surface area (Å²) in [5, 5.41) is 5.00. The molecule has 2 rings (SSSR count). The van der Waals surface area contributed by atoms with Crippen molar-refractivity contribution in [1.29, 1.82) is 0 Å². The smallest absolute Gasteiger partial charge is 0.299 e. The van der Waals surface area contributed by atoms with E-state index in [-0.39, 0.29) is 0 Å². The van der Waals surface area contributed by atoms with Gasteiger partial charge in [0.2, 0.25) is 5.50 Å². The second kappa shape index (κ2) is 8.51. The molecule has 0 aromatic carbocycles. The van der Waals surface area contributed by atoms with Gasteiger partial charge in [0.15, 0.2) is 0 Å². The minimum absolute atomic E-state index is 0.416. The molecule has 116 valence electrons. The van der Waals surface area contributed by atoms with Gasteiger partial charge in [0.25, 0.3) is 0 Å². The van der Waals surface area contributed by atoms with E-state index in [2.05, 4.69) is 40.7 Å². The Labute approximate surface area is 131 Å². The van der Waals surface area contributed by atoms with Crippen molar-refractivity contribution >= 4 is 26.8 Å². The first-order valence-electron chi connectivity index (χ1n) is 7.81. The third-order valence-electron chi connectivity index (χ3n) is 3.89. The summed E-state index contributed by atoms with van der Waals surface area (Å²) in [5.74, 6) is 0. The highest BCUT2D eigenvalue weighted by Crippen LogP contribution is 2.33. The van der Waals surface area contributed by atoms with E-state index in [1.165, 1.54) is 63.6 Å². The first-order chi connectivity index (χ1) is 9.70. The van der Waals surface area contributed by atoms with Crippen LogP contribution in [0.5, 0.6) is 0 Å². The van der Waals surface area contributed by atoms with Crippen molar-refractivity contribution in [3.8, 4) is 0 Å².